The third-order valence-corrected chi connectivity index (χ3v) is 2.55. The van der Waals surface area contributed by atoms with E-state index >= 15 is 0 Å². The van der Waals surface area contributed by atoms with Crippen molar-refractivity contribution in [3.63, 3.8) is 0 Å². The molecule has 0 N–H and O–H groups in total. The van der Waals surface area contributed by atoms with E-state index in [0.717, 1.165) is 0 Å². The largest absolute Gasteiger partial charge is 0.284 e. The zero-order chi connectivity index (χ0) is 9.97. The third-order valence-electron chi connectivity index (χ3n) is 1.77. The first-order valence-corrected chi connectivity index (χ1v) is 5.02. The molecule has 2 aromatic heterocycles. The zero-order valence-corrected chi connectivity index (χ0v) is 8.36. The highest BCUT2D eigenvalue weighted by atomic mass is 32.1. The summed E-state index contributed by atoms with van der Waals surface area (Å²) >= 11 is 1.31. The van der Waals surface area contributed by atoms with Crippen molar-refractivity contribution in [2.24, 2.45) is 0 Å². The first-order valence-electron chi connectivity index (χ1n) is 4.14. The Balaban J connectivity index is 2.36. The van der Waals surface area contributed by atoms with E-state index in [-0.39, 0.29) is 5.78 Å². The number of ketones is 1. The van der Waals surface area contributed by atoms with Gasteiger partial charge in [-0.25, -0.2) is 9.67 Å². The van der Waals surface area contributed by atoms with Crippen LogP contribution in [0.25, 0.3) is 0 Å². The summed E-state index contributed by atoms with van der Waals surface area (Å²) in [7, 11) is 0. The van der Waals surface area contributed by atoms with Crippen LogP contribution in [0.2, 0.25) is 0 Å². The number of thiazole rings is 1. The summed E-state index contributed by atoms with van der Waals surface area (Å²) in [5.74, 6) is 0.253. The first kappa shape index (κ1) is 9.01. The van der Waals surface area contributed by atoms with Gasteiger partial charge in [-0.1, -0.05) is 0 Å². The maximum atomic E-state index is 11.8. The van der Waals surface area contributed by atoms with Gasteiger partial charge in [0.2, 0.25) is 11.6 Å². The van der Waals surface area contributed by atoms with E-state index < -0.39 is 0 Å². The number of aryl methyl sites for hydroxylation is 1. The monoisotopic (exact) mass is 208 g/mol. The van der Waals surface area contributed by atoms with Gasteiger partial charge in [0.05, 0.1) is 10.4 Å². The van der Waals surface area contributed by atoms with E-state index in [2.05, 4.69) is 15.1 Å². The summed E-state index contributed by atoms with van der Waals surface area (Å²) in [6.45, 7) is 2.55. The maximum absolute atomic E-state index is 11.8. The zero-order valence-electron chi connectivity index (χ0n) is 7.54. The van der Waals surface area contributed by atoms with Crippen LogP contribution in [0.3, 0.4) is 0 Å². The van der Waals surface area contributed by atoms with Crippen molar-refractivity contribution >= 4 is 17.1 Å². The molecular weight excluding hydrogens is 200 g/mol. The van der Waals surface area contributed by atoms with Gasteiger partial charge in [-0.15, -0.1) is 11.3 Å². The van der Waals surface area contributed by atoms with Crippen LogP contribution in [0.5, 0.6) is 0 Å². The summed E-state index contributed by atoms with van der Waals surface area (Å²) in [5, 5.41) is 3.93. The van der Waals surface area contributed by atoms with Crippen molar-refractivity contribution in [3.8, 4) is 0 Å². The van der Waals surface area contributed by atoms with Crippen LogP contribution in [-0.2, 0) is 6.54 Å². The SMILES string of the molecule is CCn1ncnc1C(=O)c1cncs1. The van der Waals surface area contributed by atoms with Crippen LogP contribution < -0.4 is 0 Å². The highest BCUT2D eigenvalue weighted by Gasteiger charge is 2.16. The Morgan fingerprint density at radius 1 is 1.64 bits per heavy atom. The molecule has 0 aliphatic heterocycles. The Morgan fingerprint density at radius 3 is 3.14 bits per heavy atom. The number of aromatic nitrogens is 4. The Labute approximate surface area is 84.4 Å². The summed E-state index contributed by atoms with van der Waals surface area (Å²) in [6.07, 6.45) is 2.93. The Hall–Kier alpha value is -1.56. The standard InChI is InChI=1S/C8H8N4OS/c1-2-12-8(10-4-11-12)7(13)6-3-9-5-14-6/h3-5H,2H2,1H3. The highest BCUT2D eigenvalue weighted by molar-refractivity contribution is 7.11. The second-order valence-electron chi connectivity index (χ2n) is 2.59. The molecule has 2 rings (SSSR count). The quantitative estimate of drug-likeness (QED) is 0.705. The molecule has 0 amide bonds. The van der Waals surface area contributed by atoms with E-state index in [1.807, 2.05) is 6.92 Å². The third kappa shape index (κ3) is 1.44. The molecule has 6 heteroatoms. The molecule has 0 aliphatic rings. The van der Waals surface area contributed by atoms with Gasteiger partial charge < -0.3 is 0 Å². The molecule has 2 heterocycles. The lowest BCUT2D eigenvalue weighted by Crippen LogP contribution is -2.10. The molecule has 0 aromatic carbocycles. The lowest BCUT2D eigenvalue weighted by Gasteiger charge is -1.98. The van der Waals surface area contributed by atoms with Gasteiger partial charge in [0.15, 0.2) is 0 Å². The van der Waals surface area contributed by atoms with E-state index in [0.29, 0.717) is 17.2 Å². The van der Waals surface area contributed by atoms with Crippen molar-refractivity contribution in [1.29, 1.82) is 0 Å². The minimum atomic E-state index is -0.119. The molecule has 2 aromatic rings. The van der Waals surface area contributed by atoms with Crippen molar-refractivity contribution in [2.45, 2.75) is 13.5 Å². The van der Waals surface area contributed by atoms with Gasteiger partial charge in [0, 0.05) is 12.7 Å². The van der Waals surface area contributed by atoms with Crippen LogP contribution in [-0.4, -0.2) is 25.5 Å². The van der Waals surface area contributed by atoms with E-state index in [1.165, 1.54) is 17.7 Å². The van der Waals surface area contributed by atoms with Gasteiger partial charge in [-0.2, -0.15) is 5.10 Å². The second kappa shape index (κ2) is 3.67. The number of nitrogens with zero attached hydrogens (tertiary/aromatic N) is 4. The molecule has 0 bridgehead atoms. The minimum absolute atomic E-state index is 0.119. The smallest absolute Gasteiger partial charge is 0.241 e. The number of carbonyl (C=O) groups is 1. The Kier molecular flexibility index (Phi) is 2.36. The maximum Gasteiger partial charge on any atom is 0.241 e. The van der Waals surface area contributed by atoms with Crippen molar-refractivity contribution in [1.82, 2.24) is 19.7 Å². The summed E-state index contributed by atoms with van der Waals surface area (Å²) in [6, 6.07) is 0. The molecule has 0 aliphatic carbocycles. The van der Waals surface area contributed by atoms with Crippen LogP contribution in [0.15, 0.2) is 18.0 Å². The lowest BCUT2D eigenvalue weighted by molar-refractivity contribution is 0.102. The normalized spacial score (nSPS) is 10.4. The predicted molar refractivity (Wildman–Crippen MR) is 51.2 cm³/mol. The molecule has 0 saturated carbocycles. The average molecular weight is 208 g/mol. The number of hydrogen-bond donors (Lipinski definition) is 0. The molecule has 0 unspecified atom stereocenters. The number of rotatable bonds is 3. The van der Waals surface area contributed by atoms with Crippen molar-refractivity contribution < 1.29 is 4.79 Å². The van der Waals surface area contributed by atoms with Gasteiger partial charge in [-0.3, -0.25) is 9.78 Å². The van der Waals surface area contributed by atoms with Crippen molar-refractivity contribution in [2.75, 3.05) is 0 Å². The fourth-order valence-corrected chi connectivity index (χ4v) is 1.66. The minimum Gasteiger partial charge on any atom is -0.284 e. The summed E-state index contributed by atoms with van der Waals surface area (Å²) in [4.78, 5) is 20.2. The topological polar surface area (TPSA) is 60.7 Å². The van der Waals surface area contributed by atoms with Gasteiger partial charge in [-0.05, 0) is 6.92 Å². The number of hydrogen-bond acceptors (Lipinski definition) is 5. The van der Waals surface area contributed by atoms with Crippen LogP contribution in [0.4, 0.5) is 0 Å². The molecule has 0 atom stereocenters. The van der Waals surface area contributed by atoms with Crippen LogP contribution in [0, 0.1) is 0 Å². The van der Waals surface area contributed by atoms with Crippen molar-refractivity contribution in [3.05, 3.63) is 28.7 Å². The first-order chi connectivity index (χ1) is 6.83. The van der Waals surface area contributed by atoms with Crippen LogP contribution in [0.1, 0.15) is 22.4 Å². The Morgan fingerprint density at radius 2 is 2.50 bits per heavy atom. The molecule has 0 radical (unpaired) electrons. The summed E-state index contributed by atoms with van der Waals surface area (Å²) in [5.41, 5.74) is 1.62. The van der Waals surface area contributed by atoms with Gasteiger partial charge in [0.1, 0.15) is 6.33 Å². The molecule has 14 heavy (non-hydrogen) atoms. The summed E-state index contributed by atoms with van der Waals surface area (Å²) < 4.78 is 1.57. The highest BCUT2D eigenvalue weighted by Crippen LogP contribution is 2.11. The van der Waals surface area contributed by atoms with Gasteiger partial charge in [0.25, 0.3) is 0 Å². The van der Waals surface area contributed by atoms with E-state index in [1.54, 1.807) is 16.4 Å². The van der Waals surface area contributed by atoms with Gasteiger partial charge >= 0.3 is 0 Å². The van der Waals surface area contributed by atoms with E-state index in [9.17, 15) is 4.79 Å². The fraction of sp³-hybridized carbons (Fsp3) is 0.250. The molecular formula is C8H8N4OS. The predicted octanol–water partition coefficient (Wildman–Crippen LogP) is 0.986. The molecule has 0 saturated heterocycles. The van der Waals surface area contributed by atoms with Crippen LogP contribution >= 0.6 is 11.3 Å². The molecule has 5 nitrogen and oxygen atoms in total. The second-order valence-corrected chi connectivity index (χ2v) is 3.48. The molecule has 72 valence electrons. The van der Waals surface area contributed by atoms with E-state index in [4.69, 9.17) is 0 Å². The average Bonchev–Trinajstić information content (AvgIpc) is 2.87. The molecule has 0 spiro atoms. The fourth-order valence-electron chi connectivity index (χ4n) is 1.11. The number of carbonyl (C=O) groups excluding carboxylic acids is 1. The lowest BCUT2D eigenvalue weighted by atomic mass is 10.3. The Bertz CT molecular complexity index is 434. The molecule has 0 fully saturated rings.